The molecule has 0 bridgehead atoms. The van der Waals surface area contributed by atoms with E-state index in [9.17, 15) is 13.5 Å². The number of rotatable bonds is 8. The molecule has 0 saturated carbocycles. The van der Waals surface area contributed by atoms with Crippen LogP contribution in [-0.4, -0.2) is 56.9 Å². The average molecular weight is 394 g/mol. The number of sulfonamides is 1. The van der Waals surface area contributed by atoms with E-state index >= 15 is 0 Å². The molecule has 1 radical (unpaired) electrons. The van der Waals surface area contributed by atoms with Gasteiger partial charge in [0, 0.05) is 32.6 Å². The molecule has 0 amide bonds. The first-order valence-electron chi connectivity index (χ1n) is 9.37. The molecule has 1 aliphatic rings. The summed E-state index contributed by atoms with van der Waals surface area (Å²) in [7, 11) is -1.94. The van der Waals surface area contributed by atoms with Gasteiger partial charge in [-0.05, 0) is 18.6 Å². The number of hydrogen-bond acceptors (Lipinski definition) is 5. The fourth-order valence-corrected chi connectivity index (χ4v) is 4.35. The lowest BCUT2D eigenvalue weighted by Crippen LogP contribution is -2.49. The van der Waals surface area contributed by atoms with Crippen LogP contribution in [0.4, 0.5) is 5.69 Å². The van der Waals surface area contributed by atoms with Gasteiger partial charge in [-0.3, -0.25) is 0 Å². The van der Waals surface area contributed by atoms with Crippen molar-refractivity contribution < 1.29 is 18.3 Å². The highest BCUT2D eigenvalue weighted by Gasteiger charge is 2.29. The number of hydrogen-bond donors (Lipinski definition) is 1. The van der Waals surface area contributed by atoms with Crippen LogP contribution in [0.3, 0.4) is 0 Å². The van der Waals surface area contributed by atoms with Crippen LogP contribution in [0.25, 0.3) is 0 Å². The average Bonchev–Trinajstić information content (AvgIpc) is 2.67. The number of ether oxygens (including phenoxy) is 1. The van der Waals surface area contributed by atoms with Crippen LogP contribution >= 0.6 is 0 Å². The number of aliphatic hydroxyl groups excluding tert-OH is 1. The van der Waals surface area contributed by atoms with E-state index in [1.807, 2.05) is 24.3 Å². The molecule has 1 fully saturated rings. The van der Waals surface area contributed by atoms with E-state index in [1.54, 1.807) is 7.11 Å². The van der Waals surface area contributed by atoms with Crippen LogP contribution in [-0.2, 0) is 10.0 Å². The molecule has 1 heterocycles. The SMILES string of the molecule is CCCCCC#C[C](O)CS(=O)(=O)N1CCN(c2ccccc2OC)CC1. The van der Waals surface area contributed by atoms with Crippen molar-refractivity contribution in [2.75, 3.05) is 43.9 Å². The van der Waals surface area contributed by atoms with Crippen LogP contribution in [0.2, 0.25) is 0 Å². The van der Waals surface area contributed by atoms with Crippen LogP contribution in [0, 0.1) is 17.9 Å². The Morgan fingerprint density at radius 2 is 1.89 bits per heavy atom. The molecule has 0 spiro atoms. The van der Waals surface area contributed by atoms with E-state index in [-0.39, 0.29) is 6.10 Å². The van der Waals surface area contributed by atoms with Crippen LogP contribution in [0.5, 0.6) is 5.75 Å². The Bertz CT molecular complexity index is 747. The summed E-state index contributed by atoms with van der Waals surface area (Å²) in [6.45, 7) is 4.00. The predicted octanol–water partition coefficient (Wildman–Crippen LogP) is 2.64. The van der Waals surface area contributed by atoms with Crippen molar-refractivity contribution in [1.82, 2.24) is 4.31 Å². The molecule has 0 aromatic heterocycles. The quantitative estimate of drug-likeness (QED) is 0.543. The van der Waals surface area contributed by atoms with Gasteiger partial charge in [0.2, 0.25) is 10.0 Å². The third-order valence-electron chi connectivity index (χ3n) is 4.52. The monoisotopic (exact) mass is 393 g/mol. The van der Waals surface area contributed by atoms with Crippen LogP contribution in [0.1, 0.15) is 32.6 Å². The number of piperazine rings is 1. The van der Waals surface area contributed by atoms with Crippen molar-refractivity contribution in [1.29, 1.82) is 0 Å². The lowest BCUT2D eigenvalue weighted by Gasteiger charge is -2.36. The zero-order chi connectivity index (χ0) is 19.7. The minimum Gasteiger partial charge on any atom is -0.495 e. The minimum atomic E-state index is -3.57. The molecule has 1 aromatic rings. The van der Waals surface area contributed by atoms with Crippen molar-refractivity contribution in [2.24, 2.45) is 0 Å². The number of benzene rings is 1. The second kappa shape index (κ2) is 10.5. The van der Waals surface area contributed by atoms with Gasteiger partial charge in [-0.1, -0.05) is 37.8 Å². The molecule has 0 unspecified atom stereocenters. The Morgan fingerprint density at radius 1 is 1.19 bits per heavy atom. The standard InChI is InChI=1S/C20H29N2O4S/c1-3-4-5-6-7-10-18(23)17-27(24,25)22-15-13-21(14-16-22)19-11-8-9-12-20(19)26-2/h8-9,11-12,23H,3-6,13-17H2,1-2H3. The Morgan fingerprint density at radius 3 is 2.56 bits per heavy atom. The van der Waals surface area contributed by atoms with E-state index in [1.165, 1.54) is 4.31 Å². The lowest BCUT2D eigenvalue weighted by molar-refractivity contribution is 0.343. The second-order valence-electron chi connectivity index (χ2n) is 6.52. The molecular formula is C20H29N2O4S. The van der Waals surface area contributed by atoms with Gasteiger partial charge in [0.1, 0.15) is 11.5 Å². The van der Waals surface area contributed by atoms with Gasteiger partial charge >= 0.3 is 0 Å². The fraction of sp³-hybridized carbons (Fsp3) is 0.550. The summed E-state index contributed by atoms with van der Waals surface area (Å²) in [5, 5.41) is 9.88. The third kappa shape index (κ3) is 6.42. The predicted molar refractivity (Wildman–Crippen MR) is 108 cm³/mol. The molecule has 7 heteroatoms. The first kappa shape index (κ1) is 21.5. The van der Waals surface area contributed by atoms with Gasteiger partial charge in [-0.2, -0.15) is 4.31 Å². The molecule has 1 aromatic carbocycles. The molecule has 1 saturated heterocycles. The Hall–Kier alpha value is -1.75. The second-order valence-corrected chi connectivity index (χ2v) is 8.49. The summed E-state index contributed by atoms with van der Waals surface area (Å²) in [6, 6.07) is 7.71. The zero-order valence-corrected chi connectivity index (χ0v) is 17.0. The van der Waals surface area contributed by atoms with Crippen molar-refractivity contribution in [3.05, 3.63) is 30.4 Å². The summed E-state index contributed by atoms with van der Waals surface area (Å²) in [6.07, 6.45) is 3.56. The third-order valence-corrected chi connectivity index (χ3v) is 6.31. The van der Waals surface area contributed by atoms with Crippen LogP contribution in [0.15, 0.2) is 24.3 Å². The summed E-state index contributed by atoms with van der Waals surface area (Å²) in [5.41, 5.74) is 0.962. The van der Waals surface area contributed by atoms with E-state index in [4.69, 9.17) is 4.74 Å². The number of unbranched alkanes of at least 4 members (excludes halogenated alkanes) is 3. The van der Waals surface area contributed by atoms with Gasteiger partial charge in [-0.25, -0.2) is 8.42 Å². The maximum Gasteiger partial charge on any atom is 0.218 e. The number of methoxy groups -OCH3 is 1. The summed E-state index contributed by atoms with van der Waals surface area (Å²) in [4.78, 5) is 2.11. The van der Waals surface area contributed by atoms with Crippen molar-refractivity contribution in [3.8, 4) is 17.6 Å². The zero-order valence-electron chi connectivity index (χ0n) is 16.1. The largest absolute Gasteiger partial charge is 0.495 e. The smallest absolute Gasteiger partial charge is 0.218 e. The topological polar surface area (TPSA) is 70.1 Å². The number of anilines is 1. The van der Waals surface area contributed by atoms with E-state index < -0.39 is 15.8 Å². The number of para-hydroxylation sites is 2. The van der Waals surface area contributed by atoms with Gasteiger partial charge in [-0.15, -0.1) is 5.92 Å². The Kier molecular flexibility index (Phi) is 8.42. The summed E-state index contributed by atoms with van der Waals surface area (Å²) in [5.74, 6) is 5.77. The van der Waals surface area contributed by atoms with Crippen LogP contribution < -0.4 is 9.64 Å². The molecule has 6 nitrogen and oxygen atoms in total. The summed E-state index contributed by atoms with van der Waals surface area (Å²) >= 11 is 0. The number of aliphatic hydroxyl groups is 1. The van der Waals surface area contributed by atoms with Gasteiger partial charge < -0.3 is 14.7 Å². The molecule has 1 aliphatic heterocycles. The van der Waals surface area contributed by atoms with Gasteiger partial charge in [0.05, 0.1) is 12.8 Å². The minimum absolute atomic E-state index is 0.279. The highest BCUT2D eigenvalue weighted by molar-refractivity contribution is 7.89. The van der Waals surface area contributed by atoms with Gasteiger partial charge in [0.15, 0.2) is 6.10 Å². The molecule has 0 aliphatic carbocycles. The van der Waals surface area contributed by atoms with E-state index in [0.717, 1.165) is 30.7 Å². The van der Waals surface area contributed by atoms with E-state index in [0.29, 0.717) is 32.6 Å². The maximum absolute atomic E-state index is 12.5. The highest BCUT2D eigenvalue weighted by Crippen LogP contribution is 2.28. The molecule has 2 rings (SSSR count). The first-order chi connectivity index (χ1) is 13.0. The number of nitrogens with zero attached hydrogens (tertiary/aromatic N) is 2. The maximum atomic E-state index is 12.5. The highest BCUT2D eigenvalue weighted by atomic mass is 32.2. The fourth-order valence-electron chi connectivity index (χ4n) is 3.03. The van der Waals surface area contributed by atoms with E-state index in [2.05, 4.69) is 23.7 Å². The lowest BCUT2D eigenvalue weighted by atomic mass is 10.2. The normalized spacial score (nSPS) is 15.5. The Balaban J connectivity index is 1.88. The molecular weight excluding hydrogens is 364 g/mol. The molecule has 0 atom stereocenters. The Labute approximate surface area is 163 Å². The van der Waals surface area contributed by atoms with Crippen molar-refractivity contribution in [3.63, 3.8) is 0 Å². The van der Waals surface area contributed by atoms with Gasteiger partial charge in [0.25, 0.3) is 0 Å². The molecule has 27 heavy (non-hydrogen) atoms. The first-order valence-corrected chi connectivity index (χ1v) is 11.0. The molecule has 1 N–H and O–H groups in total. The summed E-state index contributed by atoms with van der Waals surface area (Å²) < 4.78 is 31.9. The van der Waals surface area contributed by atoms with Crippen molar-refractivity contribution in [2.45, 2.75) is 32.6 Å². The molecule has 149 valence electrons. The van der Waals surface area contributed by atoms with Crippen molar-refractivity contribution >= 4 is 15.7 Å².